The average molecular weight is 399 g/mol. The van der Waals surface area contributed by atoms with Crippen LogP contribution in [0.4, 0.5) is 4.79 Å². The largest absolute Gasteiger partial charge is 0.450 e. The van der Waals surface area contributed by atoms with Gasteiger partial charge < -0.3 is 20.1 Å². The predicted molar refractivity (Wildman–Crippen MR) is 99.1 cm³/mol. The molecule has 4 unspecified atom stereocenters. The van der Waals surface area contributed by atoms with Crippen molar-refractivity contribution in [2.45, 2.75) is 87.6 Å². The Kier molecular flexibility index (Phi) is 4.36. The van der Waals surface area contributed by atoms with Crippen molar-refractivity contribution in [2.24, 2.45) is 35.5 Å². The molecule has 8 bridgehead atoms. The third-order valence-corrected chi connectivity index (χ3v) is 8.66. The summed E-state index contributed by atoms with van der Waals surface area (Å²) in [4.78, 5) is 10.8. The molecule has 3 N–H and O–H groups in total. The maximum absolute atomic E-state index is 10.8. The first kappa shape index (κ1) is 18.7. The summed E-state index contributed by atoms with van der Waals surface area (Å²) >= 11 is 5.28. The lowest BCUT2D eigenvalue weighted by Crippen LogP contribution is -2.57. The van der Waals surface area contributed by atoms with Crippen LogP contribution in [0.5, 0.6) is 0 Å². The van der Waals surface area contributed by atoms with Crippen LogP contribution in [0.3, 0.4) is 0 Å². The highest BCUT2D eigenvalue weighted by molar-refractivity contribution is 6.61. The second kappa shape index (κ2) is 6.32. The number of ether oxygens (including phenoxy) is 1. The van der Waals surface area contributed by atoms with Gasteiger partial charge in [0.2, 0.25) is 0 Å². The third-order valence-electron chi connectivity index (χ3n) is 8.57. The summed E-state index contributed by atoms with van der Waals surface area (Å²) in [5.41, 5.74) is -1.54. The molecule has 0 amide bonds. The lowest BCUT2D eigenvalue weighted by molar-refractivity contribution is -0.175. The highest BCUT2D eigenvalue weighted by Crippen LogP contribution is 2.57. The molecule has 152 valence electrons. The zero-order valence-electron chi connectivity index (χ0n) is 15.7. The number of carbonyl (C=O) groups is 1. The predicted octanol–water partition coefficient (Wildman–Crippen LogP) is 3.22. The zero-order valence-corrected chi connectivity index (χ0v) is 16.5. The molecule has 0 heterocycles. The topological polar surface area (TPSA) is 87.0 Å². The van der Waals surface area contributed by atoms with Crippen molar-refractivity contribution in [1.82, 2.24) is 0 Å². The Morgan fingerprint density at radius 3 is 1.59 bits per heavy atom. The van der Waals surface area contributed by atoms with Crippen molar-refractivity contribution in [3.05, 3.63) is 0 Å². The average Bonchev–Trinajstić information content (AvgIpc) is 2.53. The Morgan fingerprint density at radius 2 is 1.19 bits per heavy atom. The summed E-state index contributed by atoms with van der Waals surface area (Å²) < 4.78 is 5.19. The van der Waals surface area contributed by atoms with E-state index in [4.69, 9.17) is 16.3 Å². The van der Waals surface area contributed by atoms with Gasteiger partial charge in [0.05, 0.1) is 17.3 Å². The van der Waals surface area contributed by atoms with Crippen LogP contribution < -0.4 is 0 Å². The Hall–Kier alpha value is -0.360. The Balaban J connectivity index is 0.000000121. The fourth-order valence-corrected chi connectivity index (χ4v) is 8.29. The first-order valence-corrected chi connectivity index (χ1v) is 11.1. The molecule has 0 aromatic heterocycles. The first-order valence-electron chi connectivity index (χ1n) is 10.7. The standard InChI is InChI=1S/C11H15ClO3.C10H16O2/c12-10(13)15-9-7-1-6-2-8(9)5-11(14,3-6)4-7;11-9-7-1-6-2-8(9)5-10(12,3-6)4-7/h6-9,14H,1-5H2;6-9,11-12H,1-5H2. The van der Waals surface area contributed by atoms with Gasteiger partial charge in [-0.2, -0.15) is 0 Å². The van der Waals surface area contributed by atoms with Crippen LogP contribution in [0.25, 0.3) is 0 Å². The van der Waals surface area contributed by atoms with Crippen molar-refractivity contribution < 1.29 is 24.9 Å². The van der Waals surface area contributed by atoms with Crippen molar-refractivity contribution in [1.29, 1.82) is 0 Å². The van der Waals surface area contributed by atoms with Gasteiger partial charge in [-0.15, -0.1) is 0 Å². The molecule has 0 aromatic rings. The van der Waals surface area contributed by atoms with Crippen molar-refractivity contribution >= 4 is 17.0 Å². The fraction of sp³-hybridized carbons (Fsp3) is 0.952. The summed E-state index contributed by atoms with van der Waals surface area (Å²) in [7, 11) is 0. The molecule has 5 nitrogen and oxygen atoms in total. The van der Waals surface area contributed by atoms with E-state index in [2.05, 4.69) is 0 Å². The minimum Gasteiger partial charge on any atom is -0.450 e. The van der Waals surface area contributed by atoms with Gasteiger partial charge in [-0.3, -0.25) is 0 Å². The molecule has 6 heteroatoms. The monoisotopic (exact) mass is 398 g/mol. The third kappa shape index (κ3) is 3.33. The maximum Gasteiger partial charge on any atom is 0.404 e. The van der Waals surface area contributed by atoms with Gasteiger partial charge in [0.15, 0.2) is 0 Å². The number of aliphatic hydroxyl groups is 3. The molecular formula is C21H31ClO5. The van der Waals surface area contributed by atoms with E-state index in [0.29, 0.717) is 29.6 Å². The second-order valence-electron chi connectivity index (χ2n) is 10.7. The highest BCUT2D eigenvalue weighted by atomic mass is 35.5. The van der Waals surface area contributed by atoms with E-state index in [1.165, 1.54) is 12.8 Å². The minimum atomic E-state index is -0.695. The molecule has 0 aromatic carbocycles. The number of halogens is 1. The molecule has 8 saturated carbocycles. The van der Waals surface area contributed by atoms with E-state index in [0.717, 1.165) is 57.3 Å². The minimum absolute atomic E-state index is 0.0353. The van der Waals surface area contributed by atoms with Gasteiger partial charge in [0.1, 0.15) is 6.10 Å². The Labute approximate surface area is 165 Å². The summed E-state index contributed by atoms with van der Waals surface area (Å²) in [6, 6.07) is 0. The molecule has 0 aliphatic heterocycles. The molecule has 0 saturated heterocycles. The van der Waals surface area contributed by atoms with Crippen LogP contribution in [-0.2, 0) is 4.74 Å². The number of rotatable bonds is 1. The van der Waals surface area contributed by atoms with E-state index in [-0.39, 0.29) is 17.8 Å². The van der Waals surface area contributed by atoms with Crippen molar-refractivity contribution in [2.75, 3.05) is 0 Å². The van der Waals surface area contributed by atoms with Gasteiger partial charge in [0, 0.05) is 11.6 Å². The number of carbonyl (C=O) groups excluding carboxylic acids is 1. The Morgan fingerprint density at radius 1 is 0.778 bits per heavy atom. The first-order chi connectivity index (χ1) is 12.7. The van der Waals surface area contributed by atoms with Gasteiger partial charge in [-0.05, 0) is 99.7 Å². The highest BCUT2D eigenvalue weighted by Gasteiger charge is 2.56. The summed E-state index contributed by atoms with van der Waals surface area (Å²) in [5, 5.41) is 30.2. The maximum atomic E-state index is 10.8. The summed E-state index contributed by atoms with van der Waals surface area (Å²) in [6.45, 7) is 0. The molecule has 0 radical (unpaired) electrons. The van der Waals surface area contributed by atoms with Crippen molar-refractivity contribution in [3.63, 3.8) is 0 Å². The molecule has 4 atom stereocenters. The SMILES string of the molecule is O=C(Cl)OC1C2CC3CC1CC(O)(C3)C2.OC1C2CC3CC1CC(O)(C3)C2. The lowest BCUT2D eigenvalue weighted by atomic mass is 9.53. The second-order valence-corrected chi connectivity index (χ2v) is 11.0. The van der Waals surface area contributed by atoms with Crippen LogP contribution >= 0.6 is 11.6 Å². The van der Waals surface area contributed by atoms with Gasteiger partial charge >= 0.3 is 5.43 Å². The van der Waals surface area contributed by atoms with Gasteiger partial charge in [0.25, 0.3) is 0 Å². The zero-order chi connectivity index (χ0) is 19.0. The fourth-order valence-electron chi connectivity index (χ4n) is 8.19. The van der Waals surface area contributed by atoms with E-state index in [1.807, 2.05) is 0 Å². The van der Waals surface area contributed by atoms with Crippen LogP contribution in [0, 0.1) is 35.5 Å². The van der Waals surface area contributed by atoms with Crippen LogP contribution in [0.15, 0.2) is 0 Å². The molecule has 8 aliphatic carbocycles. The molecule has 8 rings (SSSR count). The molecule has 27 heavy (non-hydrogen) atoms. The van der Waals surface area contributed by atoms with Gasteiger partial charge in [-0.1, -0.05) is 0 Å². The molecule has 0 spiro atoms. The van der Waals surface area contributed by atoms with Crippen LogP contribution in [0.1, 0.15) is 64.2 Å². The molecule has 8 aliphatic rings. The van der Waals surface area contributed by atoms with E-state index < -0.39 is 11.0 Å². The summed E-state index contributed by atoms with van der Waals surface area (Å²) in [6.07, 6.45) is 9.63. The molecule has 8 fully saturated rings. The quantitative estimate of drug-likeness (QED) is 0.590. The number of aliphatic hydroxyl groups excluding tert-OH is 1. The number of hydrogen-bond donors (Lipinski definition) is 3. The van der Waals surface area contributed by atoms with E-state index >= 15 is 0 Å². The summed E-state index contributed by atoms with van der Waals surface area (Å²) in [5.74, 6) is 2.86. The smallest absolute Gasteiger partial charge is 0.404 e. The van der Waals surface area contributed by atoms with Crippen LogP contribution in [-0.4, -0.2) is 44.2 Å². The van der Waals surface area contributed by atoms with Crippen molar-refractivity contribution in [3.8, 4) is 0 Å². The number of hydrogen-bond acceptors (Lipinski definition) is 5. The molecular weight excluding hydrogens is 368 g/mol. The normalized spacial score (nSPS) is 56.6. The van der Waals surface area contributed by atoms with E-state index in [1.54, 1.807) is 0 Å². The van der Waals surface area contributed by atoms with E-state index in [9.17, 15) is 20.1 Å². The lowest BCUT2D eigenvalue weighted by Gasteiger charge is -2.57. The Bertz CT molecular complexity index is 592. The van der Waals surface area contributed by atoms with Gasteiger partial charge in [-0.25, -0.2) is 4.79 Å². The van der Waals surface area contributed by atoms with Crippen LogP contribution in [0.2, 0.25) is 0 Å².